The Bertz CT molecular complexity index is 1270. The van der Waals surface area contributed by atoms with Gasteiger partial charge in [0.25, 0.3) is 5.91 Å². The van der Waals surface area contributed by atoms with Crippen molar-refractivity contribution < 1.29 is 4.79 Å². The van der Waals surface area contributed by atoms with Gasteiger partial charge in [0.05, 0.1) is 11.7 Å². The first-order chi connectivity index (χ1) is 16.7. The summed E-state index contributed by atoms with van der Waals surface area (Å²) < 4.78 is 0. The Balaban J connectivity index is 1.21. The number of aromatic nitrogens is 3. The van der Waals surface area contributed by atoms with Gasteiger partial charge >= 0.3 is 0 Å². The molecule has 3 heterocycles. The van der Waals surface area contributed by atoms with Gasteiger partial charge in [-0.3, -0.25) is 14.9 Å². The van der Waals surface area contributed by atoms with E-state index < -0.39 is 0 Å². The number of H-pyrrole nitrogens is 1. The molecule has 0 aliphatic carbocycles. The number of fused-ring (bicyclic) bond motifs is 1. The summed E-state index contributed by atoms with van der Waals surface area (Å²) in [6.07, 6.45) is 9.76. The number of benzene rings is 2. The molecule has 2 N–H and O–H groups in total. The minimum atomic E-state index is 0.132. The normalized spacial score (nSPS) is 16.4. The van der Waals surface area contributed by atoms with E-state index >= 15 is 0 Å². The lowest BCUT2D eigenvalue weighted by Gasteiger charge is -2.22. The molecule has 1 amide bonds. The van der Waals surface area contributed by atoms with Crippen molar-refractivity contribution in [3.8, 4) is 0 Å². The van der Waals surface area contributed by atoms with Gasteiger partial charge in [0.2, 0.25) is 0 Å². The zero-order valence-corrected chi connectivity index (χ0v) is 19.6. The summed E-state index contributed by atoms with van der Waals surface area (Å²) in [6, 6.07) is 16.5. The summed E-state index contributed by atoms with van der Waals surface area (Å²) in [6.45, 7) is 4.41. The van der Waals surface area contributed by atoms with Crippen molar-refractivity contribution in [1.82, 2.24) is 20.1 Å². The van der Waals surface area contributed by atoms with Gasteiger partial charge in [0.15, 0.2) is 0 Å². The van der Waals surface area contributed by atoms with E-state index in [1.807, 2.05) is 41.4 Å². The van der Waals surface area contributed by atoms with Gasteiger partial charge in [-0.15, -0.1) is 0 Å². The van der Waals surface area contributed by atoms with E-state index in [4.69, 9.17) is 0 Å². The Kier molecular flexibility index (Phi) is 6.56. The molecule has 0 spiro atoms. The molecule has 1 fully saturated rings. The maximum atomic E-state index is 13.4. The van der Waals surface area contributed by atoms with Crippen LogP contribution in [-0.2, 0) is 13.0 Å². The smallest absolute Gasteiger partial charge is 0.253 e. The van der Waals surface area contributed by atoms with Crippen LogP contribution >= 0.6 is 0 Å². The van der Waals surface area contributed by atoms with Crippen LogP contribution in [0.5, 0.6) is 0 Å². The monoisotopic (exact) mass is 453 g/mol. The first-order valence-corrected chi connectivity index (χ1v) is 12.1. The number of anilines is 1. The molecule has 2 aromatic carbocycles. The molecule has 1 aliphatic heterocycles. The number of carbonyl (C=O) groups is 1. The number of nitrogens with one attached hydrogen (secondary N) is 2. The second-order valence-electron chi connectivity index (χ2n) is 9.32. The SMILES string of the molecule is Cc1ccc(C(=O)N2CCC[C@@H](Cc3ccc4[nH]ncc4c3)CC2)cc1NCc1ccncc1. The van der Waals surface area contributed by atoms with Crippen LogP contribution in [0.1, 0.15) is 46.3 Å². The first-order valence-electron chi connectivity index (χ1n) is 12.1. The number of carbonyl (C=O) groups excluding carboxylic acids is 1. The Morgan fingerprint density at radius 3 is 2.82 bits per heavy atom. The summed E-state index contributed by atoms with van der Waals surface area (Å²) in [7, 11) is 0. The van der Waals surface area contributed by atoms with Crippen LogP contribution in [0.2, 0.25) is 0 Å². The van der Waals surface area contributed by atoms with Crippen molar-refractivity contribution in [1.29, 1.82) is 0 Å². The van der Waals surface area contributed by atoms with Gasteiger partial charge < -0.3 is 10.2 Å². The largest absolute Gasteiger partial charge is 0.381 e. The molecular weight excluding hydrogens is 422 g/mol. The second-order valence-corrected chi connectivity index (χ2v) is 9.32. The molecule has 6 nitrogen and oxygen atoms in total. The molecule has 34 heavy (non-hydrogen) atoms. The van der Waals surface area contributed by atoms with Gasteiger partial charge in [-0.05, 0) is 91.6 Å². The highest BCUT2D eigenvalue weighted by Crippen LogP contribution is 2.25. The van der Waals surface area contributed by atoms with Gasteiger partial charge in [-0.1, -0.05) is 12.1 Å². The minimum Gasteiger partial charge on any atom is -0.381 e. The summed E-state index contributed by atoms with van der Waals surface area (Å²) in [5.74, 6) is 0.727. The third-order valence-electron chi connectivity index (χ3n) is 6.88. The average molecular weight is 454 g/mol. The second kappa shape index (κ2) is 10.1. The summed E-state index contributed by atoms with van der Waals surface area (Å²) >= 11 is 0. The highest BCUT2D eigenvalue weighted by molar-refractivity contribution is 5.95. The number of nitrogens with zero attached hydrogens (tertiary/aromatic N) is 3. The molecule has 0 radical (unpaired) electrons. The Morgan fingerprint density at radius 2 is 1.94 bits per heavy atom. The third-order valence-corrected chi connectivity index (χ3v) is 6.88. The van der Waals surface area contributed by atoms with E-state index in [1.54, 1.807) is 12.4 Å². The predicted molar refractivity (Wildman–Crippen MR) is 136 cm³/mol. The molecule has 0 unspecified atom stereocenters. The number of rotatable bonds is 6. The molecule has 0 bridgehead atoms. The standard InChI is InChI=1S/C28H31N5O/c1-20-4-6-24(17-27(20)30-18-22-8-11-29-12-9-22)28(34)33-13-2-3-21(10-14-33)15-23-5-7-26-25(16-23)19-31-32-26/h4-9,11-12,16-17,19,21,30H,2-3,10,13-15,18H2,1H3,(H,31,32)/t21-/m1/s1. The van der Waals surface area contributed by atoms with Gasteiger partial charge in [0, 0.05) is 48.7 Å². The van der Waals surface area contributed by atoms with Crippen molar-refractivity contribution in [2.75, 3.05) is 18.4 Å². The van der Waals surface area contributed by atoms with E-state index in [-0.39, 0.29) is 5.91 Å². The topological polar surface area (TPSA) is 73.9 Å². The Labute approximate surface area is 200 Å². The molecule has 1 saturated heterocycles. The number of aromatic amines is 1. The van der Waals surface area contributed by atoms with Crippen LogP contribution in [0.25, 0.3) is 10.9 Å². The number of amides is 1. The van der Waals surface area contributed by atoms with Crippen molar-refractivity contribution in [3.63, 3.8) is 0 Å². The highest BCUT2D eigenvalue weighted by Gasteiger charge is 2.22. The van der Waals surface area contributed by atoms with Gasteiger partial charge in [-0.2, -0.15) is 5.10 Å². The quantitative estimate of drug-likeness (QED) is 0.412. The van der Waals surface area contributed by atoms with Crippen molar-refractivity contribution >= 4 is 22.5 Å². The van der Waals surface area contributed by atoms with Crippen molar-refractivity contribution in [2.45, 2.75) is 39.2 Å². The molecule has 4 aromatic rings. The van der Waals surface area contributed by atoms with Gasteiger partial charge in [0.1, 0.15) is 0 Å². The van der Waals surface area contributed by atoms with Crippen LogP contribution in [0, 0.1) is 12.8 Å². The Hall–Kier alpha value is -3.67. The summed E-state index contributed by atoms with van der Waals surface area (Å²) in [5.41, 5.74) is 6.49. The van der Waals surface area contributed by atoms with Crippen molar-refractivity contribution in [3.05, 3.63) is 89.4 Å². The number of likely N-dealkylation sites (tertiary alicyclic amines) is 1. The highest BCUT2D eigenvalue weighted by atomic mass is 16.2. The molecule has 6 heteroatoms. The summed E-state index contributed by atoms with van der Waals surface area (Å²) in [4.78, 5) is 19.5. The number of pyridine rings is 1. The van der Waals surface area contributed by atoms with E-state index in [1.165, 1.54) is 5.56 Å². The van der Waals surface area contributed by atoms with Crippen LogP contribution in [0.4, 0.5) is 5.69 Å². The zero-order chi connectivity index (χ0) is 23.3. The fraction of sp³-hybridized carbons (Fsp3) is 0.321. The van der Waals surface area contributed by atoms with E-state index in [9.17, 15) is 4.79 Å². The van der Waals surface area contributed by atoms with Crippen molar-refractivity contribution in [2.24, 2.45) is 5.92 Å². The van der Waals surface area contributed by atoms with E-state index in [2.05, 4.69) is 45.6 Å². The number of hydrogen-bond donors (Lipinski definition) is 2. The predicted octanol–water partition coefficient (Wildman–Crippen LogP) is 5.36. The molecule has 174 valence electrons. The van der Waals surface area contributed by atoms with Gasteiger partial charge in [-0.25, -0.2) is 0 Å². The molecular formula is C28H31N5O. The van der Waals surface area contributed by atoms with E-state index in [0.29, 0.717) is 12.5 Å². The van der Waals surface area contributed by atoms with Crippen LogP contribution < -0.4 is 5.32 Å². The maximum Gasteiger partial charge on any atom is 0.253 e. The van der Waals surface area contributed by atoms with E-state index in [0.717, 1.165) is 72.1 Å². The van der Waals surface area contributed by atoms with Crippen LogP contribution in [0.3, 0.4) is 0 Å². The number of hydrogen-bond acceptors (Lipinski definition) is 4. The van der Waals surface area contributed by atoms with Crippen LogP contribution in [0.15, 0.2) is 67.1 Å². The molecule has 0 saturated carbocycles. The summed E-state index contributed by atoms with van der Waals surface area (Å²) in [5, 5.41) is 11.8. The lowest BCUT2D eigenvalue weighted by Crippen LogP contribution is -2.32. The average Bonchev–Trinajstić information content (AvgIpc) is 3.21. The molecule has 1 atom stereocenters. The van der Waals surface area contributed by atoms with Crippen LogP contribution in [-0.4, -0.2) is 39.1 Å². The zero-order valence-electron chi connectivity index (χ0n) is 19.6. The number of aryl methyl sites for hydroxylation is 1. The Morgan fingerprint density at radius 1 is 1.06 bits per heavy atom. The minimum absolute atomic E-state index is 0.132. The maximum absolute atomic E-state index is 13.4. The lowest BCUT2D eigenvalue weighted by atomic mass is 9.92. The third kappa shape index (κ3) is 5.11. The first kappa shape index (κ1) is 22.1. The fourth-order valence-electron chi connectivity index (χ4n) is 4.85. The molecule has 5 rings (SSSR count). The fourth-order valence-corrected chi connectivity index (χ4v) is 4.85. The molecule has 2 aromatic heterocycles. The lowest BCUT2D eigenvalue weighted by molar-refractivity contribution is 0.0760. The molecule has 1 aliphatic rings.